The summed E-state index contributed by atoms with van der Waals surface area (Å²) >= 11 is 11.8. The second kappa shape index (κ2) is 9.81. The molecule has 0 saturated carbocycles. The van der Waals surface area contributed by atoms with Gasteiger partial charge in [-0.05, 0) is 59.4 Å². The molecule has 0 aliphatic carbocycles. The molecule has 2 N–H and O–H groups in total. The van der Waals surface area contributed by atoms with Crippen molar-refractivity contribution in [2.75, 3.05) is 12.4 Å². The number of amides is 1. The molecule has 8 heteroatoms. The number of halogens is 1. The van der Waals surface area contributed by atoms with Crippen molar-refractivity contribution in [2.45, 2.75) is 0 Å². The van der Waals surface area contributed by atoms with Gasteiger partial charge in [0.15, 0.2) is 5.11 Å². The van der Waals surface area contributed by atoms with E-state index in [0.29, 0.717) is 38.7 Å². The summed E-state index contributed by atoms with van der Waals surface area (Å²) < 4.78 is 10.8. The van der Waals surface area contributed by atoms with Crippen molar-refractivity contribution in [3.05, 3.63) is 106 Å². The lowest BCUT2D eigenvalue weighted by atomic mass is 10.1. The summed E-state index contributed by atoms with van der Waals surface area (Å²) in [6.07, 6.45) is 0. The highest BCUT2D eigenvalue weighted by Gasteiger charge is 2.16. The molecule has 0 aliphatic heterocycles. The molecule has 5 rings (SSSR count). The first-order valence-electron chi connectivity index (χ1n) is 10.9. The number of fused-ring (bicyclic) bond motifs is 2. The van der Waals surface area contributed by atoms with Gasteiger partial charge in [-0.25, -0.2) is 4.79 Å². The smallest absolute Gasteiger partial charge is 0.344 e. The molecule has 0 fully saturated rings. The number of hydrogen-bond donors (Lipinski definition) is 2. The summed E-state index contributed by atoms with van der Waals surface area (Å²) in [5, 5.41) is 8.70. The number of benzene rings is 4. The van der Waals surface area contributed by atoms with Crippen LogP contribution in [-0.4, -0.2) is 18.1 Å². The second-order valence-corrected chi connectivity index (χ2v) is 8.80. The number of rotatable bonds is 4. The largest absolute Gasteiger partial charge is 0.496 e. The Morgan fingerprint density at radius 1 is 0.889 bits per heavy atom. The average molecular weight is 515 g/mol. The van der Waals surface area contributed by atoms with Gasteiger partial charge in [-0.3, -0.25) is 10.1 Å². The zero-order chi connectivity index (χ0) is 25.2. The van der Waals surface area contributed by atoms with Gasteiger partial charge in [0, 0.05) is 16.6 Å². The number of anilines is 1. The molecule has 5 aromatic rings. The number of nitrogens with one attached hydrogen (secondary N) is 2. The monoisotopic (exact) mass is 514 g/mol. The fourth-order valence-corrected chi connectivity index (χ4v) is 4.45. The Morgan fingerprint density at radius 2 is 1.58 bits per heavy atom. The SMILES string of the molecule is COc1cc2ccccc2cc1C(=O)NC(=S)Nc1ccc(-c2cc3ccccc3oc2=O)c(Cl)c1. The van der Waals surface area contributed by atoms with E-state index in [1.807, 2.05) is 42.5 Å². The molecule has 0 aliphatic rings. The molecular formula is C28H19ClN2O4S. The number of hydrogen-bond acceptors (Lipinski definition) is 5. The van der Waals surface area contributed by atoms with Crippen molar-refractivity contribution in [3.63, 3.8) is 0 Å². The molecule has 0 radical (unpaired) electrons. The number of methoxy groups -OCH3 is 1. The van der Waals surface area contributed by atoms with Gasteiger partial charge in [-0.1, -0.05) is 60.1 Å². The van der Waals surface area contributed by atoms with E-state index in [2.05, 4.69) is 10.6 Å². The van der Waals surface area contributed by atoms with E-state index < -0.39 is 11.5 Å². The summed E-state index contributed by atoms with van der Waals surface area (Å²) in [6.45, 7) is 0. The van der Waals surface area contributed by atoms with Gasteiger partial charge in [-0.15, -0.1) is 0 Å². The highest BCUT2D eigenvalue weighted by molar-refractivity contribution is 7.80. The van der Waals surface area contributed by atoms with E-state index in [0.717, 1.165) is 16.2 Å². The number of carbonyl (C=O) groups is 1. The predicted molar refractivity (Wildman–Crippen MR) is 147 cm³/mol. The Labute approximate surface area is 216 Å². The number of para-hydroxylation sites is 1. The van der Waals surface area contributed by atoms with Crippen LogP contribution in [0.2, 0.25) is 5.02 Å². The molecule has 1 amide bonds. The summed E-state index contributed by atoms with van der Waals surface area (Å²) in [7, 11) is 1.51. The zero-order valence-corrected chi connectivity index (χ0v) is 20.6. The van der Waals surface area contributed by atoms with E-state index in [9.17, 15) is 9.59 Å². The fourth-order valence-electron chi connectivity index (χ4n) is 3.96. The molecule has 1 heterocycles. The van der Waals surface area contributed by atoms with Crippen LogP contribution in [0.3, 0.4) is 0 Å². The summed E-state index contributed by atoms with van der Waals surface area (Å²) in [5.74, 6) is 0.0298. The molecular weight excluding hydrogens is 496 g/mol. The summed E-state index contributed by atoms with van der Waals surface area (Å²) in [4.78, 5) is 25.4. The zero-order valence-electron chi connectivity index (χ0n) is 19.0. The topological polar surface area (TPSA) is 80.6 Å². The minimum Gasteiger partial charge on any atom is -0.496 e. The number of ether oxygens (including phenoxy) is 1. The minimum absolute atomic E-state index is 0.0873. The van der Waals surface area contributed by atoms with Gasteiger partial charge < -0.3 is 14.5 Å². The molecule has 0 unspecified atom stereocenters. The molecule has 0 bridgehead atoms. The quantitative estimate of drug-likeness (QED) is 0.213. The van der Waals surface area contributed by atoms with Gasteiger partial charge in [0.2, 0.25) is 0 Å². The van der Waals surface area contributed by atoms with Gasteiger partial charge in [0.1, 0.15) is 11.3 Å². The maximum Gasteiger partial charge on any atom is 0.344 e. The average Bonchev–Trinajstić information content (AvgIpc) is 2.87. The Bertz CT molecular complexity index is 1710. The number of thiocarbonyl (C=S) groups is 1. The van der Waals surface area contributed by atoms with Crippen molar-refractivity contribution >= 4 is 62.3 Å². The molecule has 6 nitrogen and oxygen atoms in total. The third-order valence-corrected chi connectivity index (χ3v) is 6.21. The molecule has 178 valence electrons. The maximum absolute atomic E-state index is 12.9. The summed E-state index contributed by atoms with van der Waals surface area (Å²) in [6, 6.07) is 25.3. The van der Waals surface area contributed by atoms with E-state index in [1.54, 1.807) is 42.5 Å². The molecule has 0 atom stereocenters. The minimum atomic E-state index is -0.483. The van der Waals surface area contributed by atoms with Crippen LogP contribution in [0.15, 0.2) is 94.1 Å². The Balaban J connectivity index is 1.35. The Morgan fingerprint density at radius 3 is 2.31 bits per heavy atom. The molecule has 4 aromatic carbocycles. The summed E-state index contributed by atoms with van der Waals surface area (Å²) in [5.41, 5.74) is 1.80. The Kier molecular flexibility index (Phi) is 6.41. The normalized spacial score (nSPS) is 10.8. The molecule has 36 heavy (non-hydrogen) atoms. The molecule has 0 saturated heterocycles. The van der Waals surface area contributed by atoms with Crippen LogP contribution in [0, 0.1) is 0 Å². The first-order chi connectivity index (χ1) is 17.4. The van der Waals surface area contributed by atoms with E-state index in [1.165, 1.54) is 7.11 Å². The third kappa shape index (κ3) is 4.66. The fraction of sp³-hybridized carbons (Fsp3) is 0.0357. The lowest BCUT2D eigenvalue weighted by Gasteiger charge is -2.13. The standard InChI is InChI=1S/C28H19ClN2O4S/c1-34-25-14-17-7-3-2-6-16(17)12-22(25)26(32)31-28(36)30-19-10-11-20(23(29)15-19)21-13-18-8-4-5-9-24(18)35-27(21)33/h2-15H,1H3,(H2,30,31,32,36). The van der Waals surface area contributed by atoms with Crippen LogP contribution in [0.5, 0.6) is 5.75 Å². The van der Waals surface area contributed by atoms with Crippen LogP contribution in [0.4, 0.5) is 5.69 Å². The van der Waals surface area contributed by atoms with Crippen LogP contribution >= 0.6 is 23.8 Å². The van der Waals surface area contributed by atoms with Gasteiger partial charge in [-0.2, -0.15) is 0 Å². The Hall–Kier alpha value is -4.20. The van der Waals surface area contributed by atoms with Crippen molar-refractivity contribution in [1.82, 2.24) is 5.32 Å². The van der Waals surface area contributed by atoms with Gasteiger partial charge in [0.25, 0.3) is 5.91 Å². The van der Waals surface area contributed by atoms with Crippen LogP contribution < -0.4 is 21.0 Å². The lowest BCUT2D eigenvalue weighted by Crippen LogP contribution is -2.34. The lowest BCUT2D eigenvalue weighted by molar-refractivity contribution is 0.0975. The third-order valence-electron chi connectivity index (χ3n) is 5.70. The van der Waals surface area contributed by atoms with Gasteiger partial charge >= 0.3 is 5.63 Å². The van der Waals surface area contributed by atoms with Crippen LogP contribution in [-0.2, 0) is 0 Å². The highest BCUT2D eigenvalue weighted by Crippen LogP contribution is 2.30. The first kappa shape index (κ1) is 23.5. The molecule has 0 spiro atoms. The van der Waals surface area contributed by atoms with Gasteiger partial charge in [0.05, 0.1) is 23.3 Å². The van der Waals surface area contributed by atoms with Crippen LogP contribution in [0.1, 0.15) is 10.4 Å². The van der Waals surface area contributed by atoms with E-state index >= 15 is 0 Å². The van der Waals surface area contributed by atoms with Crippen molar-refractivity contribution in [3.8, 4) is 16.9 Å². The number of carbonyl (C=O) groups excluding carboxylic acids is 1. The predicted octanol–water partition coefficient (Wildman–Crippen LogP) is 6.40. The maximum atomic E-state index is 12.9. The molecule has 1 aromatic heterocycles. The van der Waals surface area contributed by atoms with Crippen LogP contribution in [0.25, 0.3) is 32.9 Å². The van der Waals surface area contributed by atoms with E-state index in [4.69, 9.17) is 33.0 Å². The van der Waals surface area contributed by atoms with E-state index in [-0.39, 0.29) is 5.11 Å². The highest BCUT2D eigenvalue weighted by atomic mass is 35.5. The van der Waals surface area contributed by atoms with Crippen molar-refractivity contribution in [2.24, 2.45) is 0 Å². The van der Waals surface area contributed by atoms with Crippen molar-refractivity contribution < 1.29 is 13.9 Å². The van der Waals surface area contributed by atoms with Crippen molar-refractivity contribution in [1.29, 1.82) is 0 Å². The first-order valence-corrected chi connectivity index (χ1v) is 11.7. The second-order valence-electron chi connectivity index (χ2n) is 7.99.